The zero-order chi connectivity index (χ0) is 16.8. The average Bonchev–Trinajstić information content (AvgIpc) is 2.54. The van der Waals surface area contributed by atoms with Gasteiger partial charge < -0.3 is 15.7 Å². The van der Waals surface area contributed by atoms with Gasteiger partial charge >= 0.3 is 6.03 Å². The van der Waals surface area contributed by atoms with Gasteiger partial charge in [0.2, 0.25) is 0 Å². The van der Waals surface area contributed by atoms with Crippen LogP contribution in [0.1, 0.15) is 25.0 Å². The van der Waals surface area contributed by atoms with Crippen LogP contribution in [0.3, 0.4) is 0 Å². The molecule has 7 heteroatoms. The Morgan fingerprint density at radius 3 is 2.74 bits per heavy atom. The minimum absolute atomic E-state index is 0.138. The Morgan fingerprint density at radius 1 is 1.35 bits per heavy atom. The fourth-order valence-electron chi connectivity index (χ4n) is 2.14. The number of hydrogen-bond acceptors (Lipinski definition) is 3. The number of nitrogens with zero attached hydrogens (tertiary/aromatic N) is 1. The highest BCUT2D eigenvalue weighted by Crippen LogP contribution is 2.22. The molecule has 0 aliphatic rings. The third-order valence-electron chi connectivity index (χ3n) is 3.37. The first-order valence-electron chi connectivity index (χ1n) is 7.13. The lowest BCUT2D eigenvalue weighted by molar-refractivity contribution is 0.126. The highest BCUT2D eigenvalue weighted by atomic mass is 35.5. The average molecular weight is 338 g/mol. The Hall–Kier alpha value is -2.18. The molecule has 1 heterocycles. The van der Waals surface area contributed by atoms with E-state index in [9.17, 15) is 14.3 Å². The first-order valence-corrected chi connectivity index (χ1v) is 7.51. The summed E-state index contributed by atoms with van der Waals surface area (Å²) < 4.78 is 13.8. The summed E-state index contributed by atoms with van der Waals surface area (Å²) in [7, 11) is 0. The van der Waals surface area contributed by atoms with Crippen molar-refractivity contribution in [3.63, 3.8) is 0 Å². The van der Waals surface area contributed by atoms with Gasteiger partial charge in [0.25, 0.3) is 0 Å². The van der Waals surface area contributed by atoms with Crippen LogP contribution in [-0.2, 0) is 0 Å². The van der Waals surface area contributed by atoms with Gasteiger partial charge in [-0.3, -0.25) is 0 Å². The summed E-state index contributed by atoms with van der Waals surface area (Å²) in [5.74, 6) is -0.518. The summed E-state index contributed by atoms with van der Waals surface area (Å²) in [6.45, 7) is 1.78. The van der Waals surface area contributed by atoms with Crippen LogP contribution in [0.4, 0.5) is 14.9 Å². The van der Waals surface area contributed by atoms with Crippen LogP contribution in [0.2, 0.25) is 5.15 Å². The Bertz CT molecular complexity index is 684. The largest absolute Gasteiger partial charge is 0.386 e. The Kier molecular flexibility index (Phi) is 5.90. The van der Waals surface area contributed by atoms with Gasteiger partial charge in [0.1, 0.15) is 11.9 Å². The van der Waals surface area contributed by atoms with Gasteiger partial charge in [-0.2, -0.15) is 0 Å². The molecule has 0 radical (unpaired) electrons. The number of aliphatic hydroxyl groups excluding tert-OH is 1. The summed E-state index contributed by atoms with van der Waals surface area (Å²) in [4.78, 5) is 15.9. The van der Waals surface area contributed by atoms with E-state index in [0.29, 0.717) is 12.1 Å². The van der Waals surface area contributed by atoms with Gasteiger partial charge in [0.05, 0.1) is 11.7 Å². The fourth-order valence-corrected chi connectivity index (χ4v) is 2.31. The smallest absolute Gasteiger partial charge is 0.319 e. The van der Waals surface area contributed by atoms with Gasteiger partial charge in [-0.25, -0.2) is 14.2 Å². The molecule has 23 heavy (non-hydrogen) atoms. The third kappa shape index (κ3) is 4.40. The number of anilines is 1. The monoisotopic (exact) mass is 337 g/mol. The number of amides is 2. The number of carbonyl (C=O) groups excluding carboxylic acids is 1. The molecule has 0 aliphatic carbocycles. The Balaban J connectivity index is 2.06. The molecule has 0 saturated carbocycles. The number of halogens is 2. The first kappa shape index (κ1) is 17.2. The summed E-state index contributed by atoms with van der Waals surface area (Å²) in [5, 5.41) is 15.6. The van der Waals surface area contributed by atoms with E-state index in [0.717, 1.165) is 0 Å². The van der Waals surface area contributed by atoms with Crippen molar-refractivity contribution < 1.29 is 14.3 Å². The molecular weight excluding hydrogens is 321 g/mol. The number of pyridine rings is 1. The molecular formula is C16H17ClFN3O2. The molecule has 2 rings (SSSR count). The predicted octanol–water partition coefficient (Wildman–Crippen LogP) is 3.51. The van der Waals surface area contributed by atoms with E-state index in [1.165, 1.54) is 24.4 Å². The van der Waals surface area contributed by atoms with Gasteiger partial charge in [-0.15, -0.1) is 0 Å². The molecule has 0 spiro atoms. The summed E-state index contributed by atoms with van der Waals surface area (Å²) in [6.07, 6.45) is 0.766. The zero-order valence-corrected chi connectivity index (χ0v) is 13.2. The number of rotatable bonds is 5. The van der Waals surface area contributed by atoms with E-state index in [1.807, 2.05) is 0 Å². The SMILES string of the molecule is CC[C@@H](NC(=O)Nc1cccnc1Cl)[C@@H](O)c1ccccc1F. The van der Waals surface area contributed by atoms with Gasteiger partial charge in [0, 0.05) is 11.8 Å². The molecule has 1 aromatic carbocycles. The maximum absolute atomic E-state index is 13.8. The molecule has 0 bridgehead atoms. The maximum Gasteiger partial charge on any atom is 0.319 e. The molecule has 3 N–H and O–H groups in total. The van der Waals surface area contributed by atoms with Crippen LogP contribution in [-0.4, -0.2) is 22.2 Å². The fraction of sp³-hybridized carbons (Fsp3) is 0.250. The van der Waals surface area contributed by atoms with Crippen molar-refractivity contribution in [2.45, 2.75) is 25.5 Å². The second-order valence-electron chi connectivity index (χ2n) is 4.92. The zero-order valence-electron chi connectivity index (χ0n) is 12.5. The van der Waals surface area contributed by atoms with Crippen molar-refractivity contribution in [2.24, 2.45) is 0 Å². The molecule has 2 aromatic rings. The number of nitrogens with one attached hydrogen (secondary N) is 2. The van der Waals surface area contributed by atoms with Crippen LogP contribution >= 0.6 is 11.6 Å². The minimum Gasteiger partial charge on any atom is -0.386 e. The normalized spacial score (nSPS) is 13.2. The molecule has 2 atom stereocenters. The molecule has 1 aromatic heterocycles. The molecule has 0 fully saturated rings. The van der Waals surface area contributed by atoms with Crippen LogP contribution in [0.5, 0.6) is 0 Å². The molecule has 122 valence electrons. The number of carbonyl (C=O) groups is 1. The molecule has 2 amide bonds. The van der Waals surface area contributed by atoms with Crippen molar-refractivity contribution in [1.29, 1.82) is 0 Å². The minimum atomic E-state index is -1.16. The molecule has 0 unspecified atom stereocenters. The summed E-state index contributed by atoms with van der Waals surface area (Å²) >= 11 is 5.87. The number of aromatic nitrogens is 1. The lowest BCUT2D eigenvalue weighted by Gasteiger charge is -2.23. The lowest BCUT2D eigenvalue weighted by atomic mass is 10.00. The van der Waals surface area contributed by atoms with E-state index in [1.54, 1.807) is 25.1 Å². The van der Waals surface area contributed by atoms with Crippen molar-refractivity contribution in [1.82, 2.24) is 10.3 Å². The van der Waals surface area contributed by atoms with E-state index < -0.39 is 24.0 Å². The van der Waals surface area contributed by atoms with Gasteiger partial charge in [-0.05, 0) is 24.6 Å². The van der Waals surface area contributed by atoms with Crippen molar-refractivity contribution in [3.05, 3.63) is 59.1 Å². The Morgan fingerprint density at radius 2 is 2.09 bits per heavy atom. The Labute approximate surface area is 138 Å². The predicted molar refractivity (Wildman–Crippen MR) is 86.8 cm³/mol. The number of benzene rings is 1. The highest BCUT2D eigenvalue weighted by molar-refractivity contribution is 6.32. The highest BCUT2D eigenvalue weighted by Gasteiger charge is 2.23. The quantitative estimate of drug-likeness (QED) is 0.731. The second-order valence-corrected chi connectivity index (χ2v) is 5.28. The van der Waals surface area contributed by atoms with Crippen molar-refractivity contribution >= 4 is 23.3 Å². The standard InChI is InChI=1S/C16H17ClFN3O2/c1-2-12(14(22)10-6-3-4-7-11(10)18)20-16(23)21-13-8-5-9-19-15(13)17/h3-9,12,14,22H,2H2,1H3,(H2,20,21,23)/t12-,14+/m1/s1. The van der Waals surface area contributed by atoms with E-state index in [2.05, 4.69) is 15.6 Å². The van der Waals surface area contributed by atoms with Crippen LogP contribution in [0.25, 0.3) is 0 Å². The van der Waals surface area contributed by atoms with Gasteiger partial charge in [-0.1, -0.05) is 36.7 Å². The van der Waals surface area contributed by atoms with Crippen molar-refractivity contribution in [2.75, 3.05) is 5.32 Å². The summed E-state index contributed by atoms with van der Waals surface area (Å²) in [5.41, 5.74) is 0.487. The van der Waals surface area contributed by atoms with Crippen LogP contribution in [0, 0.1) is 5.82 Å². The van der Waals surface area contributed by atoms with Crippen LogP contribution < -0.4 is 10.6 Å². The first-order chi connectivity index (χ1) is 11.0. The molecule has 0 aliphatic heterocycles. The topological polar surface area (TPSA) is 74.2 Å². The van der Waals surface area contributed by atoms with E-state index in [4.69, 9.17) is 11.6 Å². The number of aliphatic hydroxyl groups is 1. The number of hydrogen-bond donors (Lipinski definition) is 3. The van der Waals surface area contributed by atoms with Crippen LogP contribution in [0.15, 0.2) is 42.6 Å². The third-order valence-corrected chi connectivity index (χ3v) is 3.67. The van der Waals surface area contributed by atoms with E-state index in [-0.39, 0.29) is 10.7 Å². The van der Waals surface area contributed by atoms with Crippen molar-refractivity contribution in [3.8, 4) is 0 Å². The molecule has 0 saturated heterocycles. The second kappa shape index (κ2) is 7.89. The molecule has 5 nitrogen and oxygen atoms in total. The van der Waals surface area contributed by atoms with Gasteiger partial charge in [0.15, 0.2) is 5.15 Å². The van der Waals surface area contributed by atoms with E-state index >= 15 is 0 Å². The lowest BCUT2D eigenvalue weighted by Crippen LogP contribution is -2.41. The number of urea groups is 1. The maximum atomic E-state index is 13.8. The summed E-state index contributed by atoms with van der Waals surface area (Å²) in [6, 6.07) is 7.95.